The van der Waals surface area contributed by atoms with E-state index in [2.05, 4.69) is 15.0 Å². The number of anilines is 1. The second-order valence-electron chi connectivity index (χ2n) is 7.16. The minimum Gasteiger partial charge on any atom is -0.377 e. The van der Waals surface area contributed by atoms with Crippen LogP contribution < -0.4 is 4.90 Å². The summed E-state index contributed by atoms with van der Waals surface area (Å²) in [4.78, 5) is 26.3. The summed E-state index contributed by atoms with van der Waals surface area (Å²) in [7, 11) is 1.85. The first-order valence-electron chi connectivity index (χ1n) is 9.64. The fourth-order valence-electron chi connectivity index (χ4n) is 3.75. The van der Waals surface area contributed by atoms with Gasteiger partial charge in [0.05, 0.1) is 25.3 Å². The van der Waals surface area contributed by atoms with Crippen LogP contribution in [0, 0.1) is 0 Å². The van der Waals surface area contributed by atoms with E-state index in [0.29, 0.717) is 25.6 Å². The third kappa shape index (κ3) is 4.10. The number of morpholine rings is 1. The lowest BCUT2D eigenvalue weighted by molar-refractivity contribution is -0.139. The Morgan fingerprint density at radius 2 is 2.07 bits per heavy atom. The summed E-state index contributed by atoms with van der Waals surface area (Å²) >= 11 is 0. The fraction of sp³-hybridized carbons (Fsp3) is 0.579. The summed E-state index contributed by atoms with van der Waals surface area (Å²) in [6, 6.07) is 3.58. The molecular formula is C19H26N6O2. The molecule has 1 amide bonds. The summed E-state index contributed by atoms with van der Waals surface area (Å²) in [5, 5.41) is 4.32. The molecule has 2 aliphatic rings. The SMILES string of the molecule is Cn1ccc(CC(=O)N2CCOC[C@H]2c2nccc(N3CCCCC3)n2)n1. The average Bonchev–Trinajstić information content (AvgIpc) is 3.13. The Hall–Kier alpha value is -2.48. The van der Waals surface area contributed by atoms with E-state index < -0.39 is 0 Å². The Balaban J connectivity index is 1.52. The Kier molecular flexibility index (Phi) is 5.33. The standard InChI is InChI=1S/C19H26N6O2/c1-23-10-6-15(22-23)13-18(26)25-11-12-27-14-16(25)19-20-7-5-17(21-19)24-8-3-2-4-9-24/h5-7,10,16H,2-4,8-9,11-14H2,1H3/t16-/m0/s1. The second kappa shape index (κ2) is 8.04. The molecule has 0 aromatic carbocycles. The van der Waals surface area contributed by atoms with Gasteiger partial charge in [-0.2, -0.15) is 5.10 Å². The minimum absolute atomic E-state index is 0.0361. The highest BCUT2D eigenvalue weighted by atomic mass is 16.5. The molecule has 8 heteroatoms. The summed E-state index contributed by atoms with van der Waals surface area (Å²) < 4.78 is 7.36. The molecule has 2 aliphatic heterocycles. The summed E-state index contributed by atoms with van der Waals surface area (Å²) in [6.07, 6.45) is 7.60. The van der Waals surface area contributed by atoms with E-state index in [0.717, 1.165) is 24.6 Å². The predicted molar refractivity (Wildman–Crippen MR) is 100 cm³/mol. The molecule has 144 valence electrons. The van der Waals surface area contributed by atoms with E-state index in [1.807, 2.05) is 30.3 Å². The highest BCUT2D eigenvalue weighted by Crippen LogP contribution is 2.25. The van der Waals surface area contributed by atoms with E-state index in [1.165, 1.54) is 19.3 Å². The first-order chi connectivity index (χ1) is 13.2. The number of aryl methyl sites for hydroxylation is 1. The van der Waals surface area contributed by atoms with Crippen molar-refractivity contribution in [3.05, 3.63) is 36.0 Å². The second-order valence-corrected chi connectivity index (χ2v) is 7.16. The van der Waals surface area contributed by atoms with Crippen LogP contribution >= 0.6 is 0 Å². The fourth-order valence-corrected chi connectivity index (χ4v) is 3.75. The molecule has 0 aliphatic carbocycles. The van der Waals surface area contributed by atoms with Gasteiger partial charge < -0.3 is 14.5 Å². The van der Waals surface area contributed by atoms with Gasteiger partial charge >= 0.3 is 0 Å². The molecule has 0 saturated carbocycles. The molecule has 0 N–H and O–H groups in total. The lowest BCUT2D eigenvalue weighted by atomic mass is 10.1. The Bertz CT molecular complexity index is 786. The van der Waals surface area contributed by atoms with Crippen LogP contribution in [0.3, 0.4) is 0 Å². The molecule has 1 atom stereocenters. The van der Waals surface area contributed by atoms with E-state index in [4.69, 9.17) is 9.72 Å². The number of carbonyl (C=O) groups excluding carboxylic acids is 1. The Labute approximate surface area is 159 Å². The van der Waals surface area contributed by atoms with Gasteiger partial charge in [-0.15, -0.1) is 0 Å². The van der Waals surface area contributed by atoms with Gasteiger partial charge in [0.1, 0.15) is 11.9 Å². The highest BCUT2D eigenvalue weighted by molar-refractivity contribution is 5.78. The number of amides is 1. The van der Waals surface area contributed by atoms with Crippen LogP contribution in [0.4, 0.5) is 5.82 Å². The van der Waals surface area contributed by atoms with Crippen LogP contribution in [0.5, 0.6) is 0 Å². The predicted octanol–water partition coefficient (Wildman–Crippen LogP) is 1.34. The molecule has 0 radical (unpaired) electrons. The number of rotatable bonds is 4. The molecule has 2 aromatic rings. The molecule has 0 unspecified atom stereocenters. The molecule has 4 rings (SSSR count). The number of hydrogen-bond acceptors (Lipinski definition) is 6. The van der Waals surface area contributed by atoms with Crippen molar-refractivity contribution in [3.63, 3.8) is 0 Å². The van der Waals surface area contributed by atoms with Gasteiger partial charge in [-0.1, -0.05) is 0 Å². The number of ether oxygens (including phenoxy) is 1. The molecule has 0 spiro atoms. The normalized spacial score (nSPS) is 20.7. The minimum atomic E-state index is -0.250. The first kappa shape index (κ1) is 17.9. The summed E-state index contributed by atoms with van der Waals surface area (Å²) in [5.41, 5.74) is 0.774. The monoisotopic (exact) mass is 370 g/mol. The maximum absolute atomic E-state index is 12.9. The number of carbonyl (C=O) groups is 1. The van der Waals surface area contributed by atoms with Crippen molar-refractivity contribution in [2.24, 2.45) is 7.05 Å². The smallest absolute Gasteiger partial charge is 0.229 e. The molecule has 2 fully saturated rings. The summed E-state index contributed by atoms with van der Waals surface area (Å²) in [6.45, 7) is 3.57. The number of aromatic nitrogens is 4. The number of nitrogens with zero attached hydrogens (tertiary/aromatic N) is 6. The zero-order chi connectivity index (χ0) is 18.6. The van der Waals surface area contributed by atoms with Crippen LogP contribution in [-0.4, -0.2) is 63.4 Å². The van der Waals surface area contributed by atoms with Crippen molar-refractivity contribution >= 4 is 11.7 Å². The van der Waals surface area contributed by atoms with Crippen LogP contribution in [0.15, 0.2) is 24.5 Å². The van der Waals surface area contributed by atoms with Crippen molar-refractivity contribution < 1.29 is 9.53 Å². The molecule has 2 aromatic heterocycles. The van der Waals surface area contributed by atoms with Gasteiger partial charge in [-0.25, -0.2) is 9.97 Å². The third-order valence-electron chi connectivity index (χ3n) is 5.19. The van der Waals surface area contributed by atoms with E-state index in [1.54, 1.807) is 10.9 Å². The van der Waals surface area contributed by atoms with Crippen LogP contribution in [-0.2, 0) is 23.0 Å². The first-order valence-corrected chi connectivity index (χ1v) is 9.64. The van der Waals surface area contributed by atoms with Gasteiger partial charge in [0.2, 0.25) is 5.91 Å². The van der Waals surface area contributed by atoms with E-state index >= 15 is 0 Å². The van der Waals surface area contributed by atoms with E-state index in [9.17, 15) is 4.79 Å². The molecule has 27 heavy (non-hydrogen) atoms. The molecule has 0 bridgehead atoms. The van der Waals surface area contributed by atoms with Crippen LogP contribution in [0.2, 0.25) is 0 Å². The lowest BCUT2D eigenvalue weighted by Crippen LogP contribution is -2.45. The maximum Gasteiger partial charge on any atom is 0.229 e. The van der Waals surface area contributed by atoms with Gasteiger partial charge in [-0.05, 0) is 31.4 Å². The number of hydrogen-bond donors (Lipinski definition) is 0. The van der Waals surface area contributed by atoms with Crippen LogP contribution in [0.1, 0.15) is 36.8 Å². The quantitative estimate of drug-likeness (QED) is 0.808. The molecular weight excluding hydrogens is 344 g/mol. The number of piperidine rings is 1. The topological polar surface area (TPSA) is 76.4 Å². The van der Waals surface area contributed by atoms with Gasteiger partial charge in [0.25, 0.3) is 0 Å². The highest BCUT2D eigenvalue weighted by Gasteiger charge is 2.31. The molecule has 2 saturated heterocycles. The Morgan fingerprint density at radius 1 is 1.22 bits per heavy atom. The maximum atomic E-state index is 12.9. The Morgan fingerprint density at radius 3 is 2.85 bits per heavy atom. The van der Waals surface area contributed by atoms with Crippen molar-refractivity contribution in [2.45, 2.75) is 31.7 Å². The van der Waals surface area contributed by atoms with Gasteiger partial charge in [0.15, 0.2) is 5.82 Å². The zero-order valence-corrected chi connectivity index (χ0v) is 15.8. The summed E-state index contributed by atoms with van der Waals surface area (Å²) in [5.74, 6) is 1.64. The zero-order valence-electron chi connectivity index (χ0n) is 15.8. The van der Waals surface area contributed by atoms with Gasteiger partial charge in [0, 0.05) is 39.1 Å². The molecule has 8 nitrogen and oxygen atoms in total. The molecule has 4 heterocycles. The largest absolute Gasteiger partial charge is 0.377 e. The van der Waals surface area contributed by atoms with E-state index in [-0.39, 0.29) is 18.4 Å². The van der Waals surface area contributed by atoms with Crippen molar-refractivity contribution in [2.75, 3.05) is 37.7 Å². The van der Waals surface area contributed by atoms with Gasteiger partial charge in [-0.3, -0.25) is 9.48 Å². The average molecular weight is 370 g/mol. The lowest BCUT2D eigenvalue weighted by Gasteiger charge is -2.35. The van der Waals surface area contributed by atoms with Crippen LogP contribution in [0.25, 0.3) is 0 Å². The van der Waals surface area contributed by atoms with Crippen molar-refractivity contribution in [3.8, 4) is 0 Å². The van der Waals surface area contributed by atoms with Crippen molar-refractivity contribution in [1.29, 1.82) is 0 Å². The van der Waals surface area contributed by atoms with Crippen molar-refractivity contribution in [1.82, 2.24) is 24.6 Å². The third-order valence-corrected chi connectivity index (χ3v) is 5.19.